The third-order valence-corrected chi connectivity index (χ3v) is 2.36. The van der Waals surface area contributed by atoms with Crippen molar-refractivity contribution in [2.75, 3.05) is 25.2 Å². The van der Waals surface area contributed by atoms with Crippen LogP contribution in [0.4, 0.5) is 5.82 Å². The van der Waals surface area contributed by atoms with Crippen molar-refractivity contribution in [2.24, 2.45) is 0 Å². The van der Waals surface area contributed by atoms with Gasteiger partial charge in [-0.1, -0.05) is 6.07 Å². The van der Waals surface area contributed by atoms with Gasteiger partial charge < -0.3 is 9.84 Å². The van der Waals surface area contributed by atoms with Gasteiger partial charge in [-0.05, 0) is 18.6 Å². The van der Waals surface area contributed by atoms with Crippen molar-refractivity contribution < 1.29 is 19.4 Å². The van der Waals surface area contributed by atoms with E-state index in [9.17, 15) is 9.59 Å². The number of ether oxygens (including phenoxy) is 1. The summed E-state index contributed by atoms with van der Waals surface area (Å²) < 4.78 is 4.79. The van der Waals surface area contributed by atoms with Gasteiger partial charge in [0.1, 0.15) is 12.4 Å². The summed E-state index contributed by atoms with van der Waals surface area (Å²) in [5, 5.41) is 8.70. The SMILES string of the molecule is COCC(=O)N(CCC(=O)O)c1ncccc1C. The Morgan fingerprint density at radius 2 is 2.22 bits per heavy atom. The Hall–Kier alpha value is -1.95. The number of carbonyl (C=O) groups is 2. The van der Waals surface area contributed by atoms with E-state index >= 15 is 0 Å². The highest BCUT2D eigenvalue weighted by Gasteiger charge is 2.19. The van der Waals surface area contributed by atoms with Gasteiger partial charge in [0.25, 0.3) is 5.91 Å². The minimum absolute atomic E-state index is 0.0787. The topological polar surface area (TPSA) is 79.7 Å². The fraction of sp³-hybridized carbons (Fsp3) is 0.417. The molecule has 1 heterocycles. The fourth-order valence-corrected chi connectivity index (χ4v) is 1.52. The lowest BCUT2D eigenvalue weighted by Crippen LogP contribution is -2.36. The highest BCUT2D eigenvalue weighted by Crippen LogP contribution is 2.16. The van der Waals surface area contributed by atoms with Crippen LogP contribution in [-0.2, 0) is 14.3 Å². The highest BCUT2D eigenvalue weighted by molar-refractivity contribution is 5.94. The van der Waals surface area contributed by atoms with E-state index in [0.29, 0.717) is 5.82 Å². The first-order chi connectivity index (χ1) is 8.56. The van der Waals surface area contributed by atoms with Gasteiger partial charge in [-0.3, -0.25) is 14.5 Å². The van der Waals surface area contributed by atoms with E-state index in [2.05, 4.69) is 4.98 Å². The number of hydrogen-bond acceptors (Lipinski definition) is 4. The van der Waals surface area contributed by atoms with Gasteiger partial charge >= 0.3 is 5.97 Å². The summed E-state index contributed by atoms with van der Waals surface area (Å²) in [7, 11) is 1.42. The minimum atomic E-state index is -0.959. The lowest BCUT2D eigenvalue weighted by atomic mass is 10.2. The van der Waals surface area contributed by atoms with E-state index in [1.165, 1.54) is 12.0 Å². The Labute approximate surface area is 105 Å². The van der Waals surface area contributed by atoms with E-state index in [4.69, 9.17) is 9.84 Å². The first-order valence-electron chi connectivity index (χ1n) is 5.49. The van der Waals surface area contributed by atoms with Gasteiger partial charge in [0.15, 0.2) is 0 Å². The Kier molecular flexibility index (Phi) is 5.26. The normalized spacial score (nSPS) is 10.1. The predicted octanol–water partition coefficient (Wildman–Crippen LogP) is 0.844. The largest absolute Gasteiger partial charge is 0.481 e. The van der Waals surface area contributed by atoms with Crippen molar-refractivity contribution in [3.63, 3.8) is 0 Å². The first kappa shape index (κ1) is 14.1. The molecular formula is C12H16N2O4. The molecule has 0 saturated carbocycles. The number of pyridine rings is 1. The predicted molar refractivity (Wildman–Crippen MR) is 65.5 cm³/mol. The summed E-state index contributed by atoms with van der Waals surface area (Å²) in [6, 6.07) is 3.57. The summed E-state index contributed by atoms with van der Waals surface area (Å²) >= 11 is 0. The van der Waals surface area contributed by atoms with E-state index in [-0.39, 0.29) is 25.5 Å². The molecule has 1 rings (SSSR count). The van der Waals surface area contributed by atoms with E-state index < -0.39 is 5.97 Å². The monoisotopic (exact) mass is 252 g/mol. The molecule has 0 fully saturated rings. The molecule has 98 valence electrons. The molecule has 0 bridgehead atoms. The molecule has 0 saturated heterocycles. The van der Waals surface area contributed by atoms with Crippen LogP contribution in [0.15, 0.2) is 18.3 Å². The van der Waals surface area contributed by atoms with Crippen LogP contribution in [0.1, 0.15) is 12.0 Å². The van der Waals surface area contributed by atoms with Crippen molar-refractivity contribution >= 4 is 17.7 Å². The molecule has 0 aromatic carbocycles. The number of carbonyl (C=O) groups excluding carboxylic acids is 1. The first-order valence-corrected chi connectivity index (χ1v) is 5.49. The van der Waals surface area contributed by atoms with E-state index in [1.54, 1.807) is 12.3 Å². The molecule has 0 spiro atoms. The van der Waals surface area contributed by atoms with Crippen molar-refractivity contribution in [1.29, 1.82) is 0 Å². The standard InChI is InChI=1S/C12H16N2O4/c1-9-4-3-6-13-12(9)14(7-5-11(16)17)10(15)8-18-2/h3-4,6H,5,7-8H2,1-2H3,(H,16,17). The summed E-state index contributed by atoms with van der Waals surface area (Å²) in [5.74, 6) is -0.792. The summed E-state index contributed by atoms with van der Waals surface area (Å²) in [6.45, 7) is 1.79. The second kappa shape index (κ2) is 6.70. The number of aliphatic carboxylic acids is 1. The molecule has 6 nitrogen and oxygen atoms in total. The van der Waals surface area contributed by atoms with Crippen LogP contribution in [0.3, 0.4) is 0 Å². The molecule has 0 aliphatic heterocycles. The zero-order valence-electron chi connectivity index (χ0n) is 10.4. The smallest absolute Gasteiger partial charge is 0.305 e. The lowest BCUT2D eigenvalue weighted by Gasteiger charge is -2.22. The second-order valence-electron chi connectivity index (χ2n) is 3.77. The van der Waals surface area contributed by atoms with E-state index in [1.807, 2.05) is 13.0 Å². The number of methoxy groups -OCH3 is 1. The van der Waals surface area contributed by atoms with Gasteiger partial charge in [0.2, 0.25) is 0 Å². The maximum Gasteiger partial charge on any atom is 0.305 e. The van der Waals surface area contributed by atoms with Gasteiger partial charge in [-0.2, -0.15) is 0 Å². The Morgan fingerprint density at radius 1 is 1.50 bits per heavy atom. The van der Waals surface area contributed by atoms with Crippen molar-refractivity contribution in [3.05, 3.63) is 23.9 Å². The number of amides is 1. The maximum absolute atomic E-state index is 11.9. The van der Waals surface area contributed by atoms with Crippen LogP contribution in [0.5, 0.6) is 0 Å². The molecule has 0 unspecified atom stereocenters. The summed E-state index contributed by atoms with van der Waals surface area (Å²) in [4.78, 5) is 27.9. The lowest BCUT2D eigenvalue weighted by molar-refractivity contribution is -0.136. The van der Waals surface area contributed by atoms with Gasteiger partial charge in [-0.25, -0.2) is 4.98 Å². The number of nitrogens with zero attached hydrogens (tertiary/aromatic N) is 2. The number of anilines is 1. The second-order valence-corrected chi connectivity index (χ2v) is 3.77. The number of aryl methyl sites for hydroxylation is 1. The molecule has 1 aromatic rings. The molecule has 0 aliphatic rings. The minimum Gasteiger partial charge on any atom is -0.481 e. The zero-order chi connectivity index (χ0) is 13.5. The Balaban J connectivity index is 2.93. The van der Waals surface area contributed by atoms with Crippen LogP contribution < -0.4 is 4.90 Å². The number of rotatable bonds is 6. The number of hydrogen-bond donors (Lipinski definition) is 1. The average molecular weight is 252 g/mol. The number of aromatic nitrogens is 1. The highest BCUT2D eigenvalue weighted by atomic mass is 16.5. The molecule has 6 heteroatoms. The van der Waals surface area contributed by atoms with Crippen LogP contribution in [0, 0.1) is 6.92 Å². The van der Waals surface area contributed by atoms with Crippen LogP contribution in [0.25, 0.3) is 0 Å². The third-order valence-electron chi connectivity index (χ3n) is 2.36. The number of carboxylic acid groups (broad SMARTS) is 1. The fourth-order valence-electron chi connectivity index (χ4n) is 1.52. The molecule has 1 amide bonds. The van der Waals surface area contributed by atoms with Crippen molar-refractivity contribution in [2.45, 2.75) is 13.3 Å². The Morgan fingerprint density at radius 3 is 2.78 bits per heavy atom. The zero-order valence-corrected chi connectivity index (χ0v) is 10.4. The van der Waals surface area contributed by atoms with E-state index in [0.717, 1.165) is 5.56 Å². The van der Waals surface area contributed by atoms with Crippen LogP contribution >= 0.6 is 0 Å². The molecule has 0 aliphatic carbocycles. The molecule has 18 heavy (non-hydrogen) atoms. The van der Waals surface area contributed by atoms with Crippen molar-refractivity contribution in [3.8, 4) is 0 Å². The third kappa shape index (κ3) is 3.81. The quantitative estimate of drug-likeness (QED) is 0.811. The van der Waals surface area contributed by atoms with Gasteiger partial charge in [0.05, 0.1) is 6.42 Å². The van der Waals surface area contributed by atoms with Crippen LogP contribution in [0.2, 0.25) is 0 Å². The Bertz CT molecular complexity index is 434. The average Bonchev–Trinajstić information content (AvgIpc) is 2.31. The van der Waals surface area contributed by atoms with Gasteiger partial charge in [0, 0.05) is 19.9 Å². The molecule has 1 aromatic heterocycles. The summed E-state index contributed by atoms with van der Waals surface area (Å²) in [5.41, 5.74) is 0.812. The number of carboxylic acids is 1. The molecule has 0 radical (unpaired) electrons. The van der Waals surface area contributed by atoms with Gasteiger partial charge in [-0.15, -0.1) is 0 Å². The maximum atomic E-state index is 11.9. The molecule has 0 atom stereocenters. The van der Waals surface area contributed by atoms with Crippen molar-refractivity contribution in [1.82, 2.24) is 4.98 Å². The molecule has 1 N–H and O–H groups in total. The summed E-state index contributed by atoms with van der Waals surface area (Å²) in [6.07, 6.45) is 1.43. The molecular weight excluding hydrogens is 236 g/mol. The van der Waals surface area contributed by atoms with Crippen LogP contribution in [-0.4, -0.2) is 42.2 Å².